The number of carbonyl (C=O) groups is 1. The van der Waals surface area contributed by atoms with E-state index in [1.807, 2.05) is 19.9 Å². The first-order valence-electron chi connectivity index (χ1n) is 11.0. The number of aryl methyl sites for hydroxylation is 1. The molecule has 2 aromatic carbocycles. The molecule has 0 saturated heterocycles. The third-order valence-corrected chi connectivity index (χ3v) is 6.01. The molecule has 3 aromatic rings. The number of carbonyl (C=O) groups excluding carboxylic acids is 1. The van der Waals surface area contributed by atoms with E-state index in [-0.39, 0.29) is 24.3 Å². The van der Waals surface area contributed by atoms with Crippen LogP contribution in [0.25, 0.3) is 25.9 Å². The molecule has 0 N–H and O–H groups in total. The van der Waals surface area contributed by atoms with Crippen molar-refractivity contribution in [2.24, 2.45) is 0 Å². The maximum atomic E-state index is 14.5. The smallest absolute Gasteiger partial charge is 0.305 e. The predicted octanol–water partition coefficient (Wildman–Crippen LogP) is 6.85. The van der Waals surface area contributed by atoms with Gasteiger partial charge in [-0.2, -0.15) is 0 Å². The highest BCUT2D eigenvalue weighted by molar-refractivity contribution is 7.18. The van der Waals surface area contributed by atoms with E-state index in [4.69, 9.17) is 20.8 Å². The topological polar surface area (TPSA) is 62.0 Å². The molecule has 0 unspecified atom stereocenters. The van der Waals surface area contributed by atoms with Crippen LogP contribution >= 0.6 is 11.3 Å². The minimum Gasteiger partial charge on any atom is -0.502 e. The van der Waals surface area contributed by atoms with Crippen LogP contribution in [0.1, 0.15) is 39.2 Å². The number of hydrogen-bond donors (Lipinski definition) is 0. The summed E-state index contributed by atoms with van der Waals surface area (Å²) in [4.78, 5) is 20.5. The van der Waals surface area contributed by atoms with E-state index < -0.39 is 0 Å². The molecule has 0 spiro atoms. The minimum atomic E-state index is -0.387. The van der Waals surface area contributed by atoms with E-state index in [2.05, 4.69) is 9.83 Å². The van der Waals surface area contributed by atoms with Crippen LogP contribution in [-0.4, -0.2) is 30.8 Å². The molecular formula is C26H27FN2O4S. The summed E-state index contributed by atoms with van der Waals surface area (Å²) in [6.07, 6.45) is 2.90. The third-order valence-electron chi connectivity index (χ3n) is 4.93. The normalized spacial score (nSPS) is 10.7. The Labute approximate surface area is 203 Å². The van der Waals surface area contributed by atoms with Crippen LogP contribution in [0.4, 0.5) is 10.1 Å². The Morgan fingerprint density at radius 2 is 2.06 bits per heavy atom. The first-order valence-corrected chi connectivity index (χ1v) is 11.8. The fraction of sp³-hybridized carbons (Fsp3) is 0.346. The molecule has 0 aliphatic heterocycles. The van der Waals surface area contributed by atoms with Gasteiger partial charge in [0.05, 0.1) is 31.3 Å². The second-order valence-electron chi connectivity index (χ2n) is 7.79. The van der Waals surface area contributed by atoms with Crippen LogP contribution in [0.2, 0.25) is 0 Å². The van der Waals surface area contributed by atoms with Gasteiger partial charge in [-0.1, -0.05) is 6.07 Å². The summed E-state index contributed by atoms with van der Waals surface area (Å²) in [6, 6.07) is 8.24. The number of methoxy groups -OCH3 is 1. The summed E-state index contributed by atoms with van der Waals surface area (Å²) in [5.41, 5.74) is 2.48. The van der Waals surface area contributed by atoms with E-state index >= 15 is 0 Å². The summed E-state index contributed by atoms with van der Waals surface area (Å²) in [5.74, 6) is 0.434. The molecule has 0 aliphatic rings. The van der Waals surface area contributed by atoms with Crippen molar-refractivity contribution in [3.8, 4) is 32.5 Å². The van der Waals surface area contributed by atoms with E-state index in [1.54, 1.807) is 32.4 Å². The molecule has 0 atom stereocenters. The molecule has 0 aliphatic carbocycles. The van der Waals surface area contributed by atoms with Crippen LogP contribution in [0.3, 0.4) is 0 Å². The molecule has 6 nitrogen and oxygen atoms in total. The highest BCUT2D eigenvalue weighted by atomic mass is 32.1. The molecule has 0 amide bonds. The average Bonchev–Trinajstić information content (AvgIpc) is 3.29. The standard InChI is InChI=1S/C26H27FN2O4S/c1-6-32-24(30)9-7-8-17-12-19(27)14-20(25(17)31-5)23-15-29-26(34-23)18-10-11-22(33-16(2)3)21(13-18)28-4/h10-16H,6-9H2,1-3,5H3. The van der Waals surface area contributed by atoms with Crippen LogP contribution in [0.5, 0.6) is 11.5 Å². The van der Waals surface area contributed by atoms with Crippen molar-refractivity contribution in [2.75, 3.05) is 13.7 Å². The lowest BCUT2D eigenvalue weighted by Crippen LogP contribution is -2.05. The van der Waals surface area contributed by atoms with E-state index in [9.17, 15) is 9.18 Å². The van der Waals surface area contributed by atoms with Gasteiger partial charge in [0, 0.05) is 23.7 Å². The average molecular weight is 483 g/mol. The van der Waals surface area contributed by atoms with Gasteiger partial charge in [0.15, 0.2) is 0 Å². The molecule has 1 aromatic heterocycles. The fourth-order valence-electron chi connectivity index (χ4n) is 3.54. The molecule has 3 rings (SSSR count). The van der Waals surface area contributed by atoms with Gasteiger partial charge in [0.1, 0.15) is 22.3 Å². The molecule has 0 radical (unpaired) electrons. The summed E-state index contributed by atoms with van der Waals surface area (Å²) in [7, 11) is 1.54. The lowest BCUT2D eigenvalue weighted by molar-refractivity contribution is -0.143. The number of hydrogen-bond acceptors (Lipinski definition) is 6. The molecule has 0 saturated carbocycles. The molecule has 0 fully saturated rings. The number of esters is 1. The van der Waals surface area contributed by atoms with E-state index in [1.165, 1.54) is 23.5 Å². The maximum absolute atomic E-state index is 14.5. The highest BCUT2D eigenvalue weighted by Crippen LogP contribution is 2.41. The van der Waals surface area contributed by atoms with Crippen molar-refractivity contribution in [2.45, 2.75) is 46.1 Å². The van der Waals surface area contributed by atoms with Gasteiger partial charge in [-0.25, -0.2) is 14.2 Å². The Hall–Kier alpha value is -3.44. The van der Waals surface area contributed by atoms with Crippen LogP contribution in [0, 0.1) is 12.4 Å². The number of benzene rings is 2. The van der Waals surface area contributed by atoms with Crippen molar-refractivity contribution < 1.29 is 23.4 Å². The van der Waals surface area contributed by atoms with Gasteiger partial charge in [-0.3, -0.25) is 4.79 Å². The van der Waals surface area contributed by atoms with Crippen LogP contribution < -0.4 is 9.47 Å². The second kappa shape index (κ2) is 11.6. The van der Waals surface area contributed by atoms with Gasteiger partial charge in [0.2, 0.25) is 5.69 Å². The summed E-state index contributed by atoms with van der Waals surface area (Å²) in [6.45, 7) is 13.4. The van der Waals surface area contributed by atoms with Crippen molar-refractivity contribution in [3.63, 3.8) is 0 Å². The monoisotopic (exact) mass is 482 g/mol. The van der Waals surface area contributed by atoms with Gasteiger partial charge in [-0.05, 0) is 63.4 Å². The maximum Gasteiger partial charge on any atom is 0.305 e. The summed E-state index contributed by atoms with van der Waals surface area (Å²) >= 11 is 1.38. The van der Waals surface area contributed by atoms with Gasteiger partial charge in [0.25, 0.3) is 0 Å². The summed E-state index contributed by atoms with van der Waals surface area (Å²) in [5, 5.41) is 0.700. The number of ether oxygens (including phenoxy) is 3. The van der Waals surface area contributed by atoms with Gasteiger partial charge >= 0.3 is 5.97 Å². The molecule has 1 heterocycles. The van der Waals surface area contributed by atoms with Crippen molar-refractivity contribution in [3.05, 3.63) is 59.3 Å². The number of halogens is 1. The number of aromatic nitrogens is 1. The molecule has 178 valence electrons. The first-order chi connectivity index (χ1) is 16.4. The third kappa shape index (κ3) is 6.12. The Kier molecular flexibility index (Phi) is 8.61. The van der Waals surface area contributed by atoms with Crippen LogP contribution in [-0.2, 0) is 16.0 Å². The SMILES string of the molecule is [C-]#[N+]c1cc(-c2ncc(-c3cc(F)cc(CCCC(=O)OCC)c3OC)s2)ccc1OC(C)C. The molecule has 0 bridgehead atoms. The van der Waals surface area contributed by atoms with Crippen molar-refractivity contribution in [1.82, 2.24) is 4.98 Å². The van der Waals surface area contributed by atoms with E-state index in [0.29, 0.717) is 52.8 Å². The highest BCUT2D eigenvalue weighted by Gasteiger charge is 2.18. The van der Waals surface area contributed by atoms with Gasteiger partial charge < -0.3 is 14.2 Å². The molecule has 8 heteroatoms. The first kappa shape index (κ1) is 25.2. The number of thiazole rings is 1. The van der Waals surface area contributed by atoms with Crippen molar-refractivity contribution in [1.29, 1.82) is 0 Å². The lowest BCUT2D eigenvalue weighted by atomic mass is 10.0. The predicted molar refractivity (Wildman–Crippen MR) is 131 cm³/mol. The van der Waals surface area contributed by atoms with Crippen molar-refractivity contribution >= 4 is 23.0 Å². The van der Waals surface area contributed by atoms with Gasteiger partial charge in [-0.15, -0.1) is 11.3 Å². The second-order valence-corrected chi connectivity index (χ2v) is 8.83. The molecular weight excluding hydrogens is 455 g/mol. The Balaban J connectivity index is 1.89. The zero-order chi connectivity index (χ0) is 24.7. The number of rotatable bonds is 10. The summed E-state index contributed by atoms with van der Waals surface area (Å²) < 4.78 is 30.8. The number of nitrogens with zero attached hydrogens (tertiary/aromatic N) is 2. The molecule has 34 heavy (non-hydrogen) atoms. The fourth-order valence-corrected chi connectivity index (χ4v) is 4.47. The zero-order valence-corrected chi connectivity index (χ0v) is 20.5. The largest absolute Gasteiger partial charge is 0.502 e. The minimum absolute atomic E-state index is 0.0373. The van der Waals surface area contributed by atoms with Crippen LogP contribution in [0.15, 0.2) is 36.5 Å². The quantitative estimate of drug-likeness (QED) is 0.234. The lowest BCUT2D eigenvalue weighted by Gasteiger charge is -2.13. The zero-order valence-electron chi connectivity index (χ0n) is 19.7. The Bertz CT molecular complexity index is 1200. The van der Waals surface area contributed by atoms with E-state index in [0.717, 1.165) is 10.4 Å². The Morgan fingerprint density at radius 3 is 2.74 bits per heavy atom. The Morgan fingerprint density at radius 1 is 1.26 bits per heavy atom.